The Hall–Kier alpha value is -0.830. The minimum absolute atomic E-state index is 0.0299. The second-order valence-electron chi connectivity index (χ2n) is 6.83. The molecule has 3 nitrogen and oxygen atoms in total. The lowest BCUT2D eigenvalue weighted by Gasteiger charge is -2.27. The Balaban J connectivity index is 2.02. The molecule has 3 heteroatoms. The van der Waals surface area contributed by atoms with Gasteiger partial charge in [-0.25, -0.2) is 0 Å². The molecular formula is C17H31N3. The fourth-order valence-corrected chi connectivity index (χ4v) is 3.48. The van der Waals surface area contributed by atoms with E-state index in [4.69, 9.17) is 10.8 Å². The minimum atomic E-state index is -0.0299. The van der Waals surface area contributed by atoms with Crippen molar-refractivity contribution in [3.8, 4) is 0 Å². The van der Waals surface area contributed by atoms with Crippen molar-refractivity contribution in [3.05, 3.63) is 18.0 Å². The van der Waals surface area contributed by atoms with E-state index in [1.165, 1.54) is 25.0 Å². The maximum Gasteiger partial charge on any atom is 0.0643 e. The smallest absolute Gasteiger partial charge is 0.0643 e. The molecule has 1 fully saturated rings. The number of hydrogen-bond donors (Lipinski definition) is 1. The fourth-order valence-electron chi connectivity index (χ4n) is 3.48. The first-order valence-electron chi connectivity index (χ1n) is 8.39. The van der Waals surface area contributed by atoms with E-state index in [1.54, 1.807) is 0 Å². The molecule has 0 aromatic carbocycles. The van der Waals surface area contributed by atoms with Crippen molar-refractivity contribution in [2.45, 2.75) is 83.7 Å². The van der Waals surface area contributed by atoms with Gasteiger partial charge < -0.3 is 5.73 Å². The summed E-state index contributed by atoms with van der Waals surface area (Å²) >= 11 is 0. The van der Waals surface area contributed by atoms with Gasteiger partial charge in [0.25, 0.3) is 0 Å². The molecule has 1 heterocycles. The van der Waals surface area contributed by atoms with E-state index in [1.807, 2.05) is 0 Å². The molecule has 20 heavy (non-hydrogen) atoms. The summed E-state index contributed by atoms with van der Waals surface area (Å²) in [5.74, 6) is 0.836. The van der Waals surface area contributed by atoms with Gasteiger partial charge in [-0.3, -0.25) is 4.68 Å². The first kappa shape index (κ1) is 15.6. The Morgan fingerprint density at radius 3 is 2.80 bits per heavy atom. The first-order valence-corrected chi connectivity index (χ1v) is 8.39. The molecule has 1 aromatic rings. The van der Waals surface area contributed by atoms with Crippen LogP contribution < -0.4 is 5.73 Å². The monoisotopic (exact) mass is 277 g/mol. The zero-order chi connectivity index (χ0) is 14.6. The van der Waals surface area contributed by atoms with Gasteiger partial charge in [-0.15, -0.1) is 0 Å². The summed E-state index contributed by atoms with van der Waals surface area (Å²) in [5, 5.41) is 4.78. The van der Waals surface area contributed by atoms with Crippen molar-refractivity contribution in [2.24, 2.45) is 11.7 Å². The molecule has 0 saturated heterocycles. The van der Waals surface area contributed by atoms with Crippen LogP contribution in [0.15, 0.2) is 12.3 Å². The number of hydrogen-bond acceptors (Lipinski definition) is 2. The normalized spacial score (nSPS) is 27.8. The highest BCUT2D eigenvalue weighted by atomic mass is 15.3. The molecule has 1 aliphatic rings. The standard InChI is InChI=1S/C17H31N3/c1-4-16(5-2)20-12-9-15(19-20)13-17(18)10-6-7-14(3)8-11-17/h9,12,14,16H,4-8,10-11,13,18H2,1-3H3. The van der Waals surface area contributed by atoms with Gasteiger partial charge in [-0.05, 0) is 44.1 Å². The van der Waals surface area contributed by atoms with Crippen molar-refractivity contribution in [2.75, 3.05) is 0 Å². The van der Waals surface area contributed by atoms with Crippen LogP contribution in [-0.2, 0) is 6.42 Å². The molecule has 0 aliphatic heterocycles. The van der Waals surface area contributed by atoms with E-state index in [0.717, 1.165) is 38.0 Å². The average Bonchev–Trinajstić information content (AvgIpc) is 2.79. The van der Waals surface area contributed by atoms with Crippen LogP contribution in [0.2, 0.25) is 0 Å². The van der Waals surface area contributed by atoms with E-state index < -0.39 is 0 Å². The summed E-state index contributed by atoms with van der Waals surface area (Å²) in [4.78, 5) is 0. The second kappa shape index (κ2) is 6.75. The molecule has 2 rings (SSSR count). The number of rotatable bonds is 5. The third-order valence-corrected chi connectivity index (χ3v) is 5.02. The van der Waals surface area contributed by atoms with Crippen LogP contribution in [0.4, 0.5) is 0 Å². The maximum absolute atomic E-state index is 6.65. The fraction of sp³-hybridized carbons (Fsp3) is 0.824. The van der Waals surface area contributed by atoms with Crippen LogP contribution in [0.1, 0.15) is 77.5 Å². The molecule has 0 spiro atoms. The molecule has 0 radical (unpaired) electrons. The highest BCUT2D eigenvalue weighted by Crippen LogP contribution is 2.30. The minimum Gasteiger partial charge on any atom is -0.325 e. The lowest BCUT2D eigenvalue weighted by Crippen LogP contribution is -2.41. The molecule has 114 valence electrons. The highest BCUT2D eigenvalue weighted by Gasteiger charge is 2.29. The van der Waals surface area contributed by atoms with E-state index in [0.29, 0.717) is 6.04 Å². The van der Waals surface area contributed by atoms with Crippen LogP contribution in [0.25, 0.3) is 0 Å². The predicted molar refractivity (Wildman–Crippen MR) is 84.7 cm³/mol. The van der Waals surface area contributed by atoms with Crippen LogP contribution >= 0.6 is 0 Å². The summed E-state index contributed by atoms with van der Waals surface area (Å²) in [6.07, 6.45) is 11.5. The van der Waals surface area contributed by atoms with Crippen LogP contribution in [-0.4, -0.2) is 15.3 Å². The van der Waals surface area contributed by atoms with Crippen LogP contribution in [0.5, 0.6) is 0 Å². The van der Waals surface area contributed by atoms with Crippen molar-refractivity contribution in [1.29, 1.82) is 0 Å². The summed E-state index contributed by atoms with van der Waals surface area (Å²) in [7, 11) is 0. The van der Waals surface area contributed by atoms with Crippen LogP contribution in [0, 0.1) is 5.92 Å². The van der Waals surface area contributed by atoms with Crippen molar-refractivity contribution in [3.63, 3.8) is 0 Å². The van der Waals surface area contributed by atoms with Crippen LogP contribution in [0.3, 0.4) is 0 Å². The second-order valence-corrected chi connectivity index (χ2v) is 6.83. The van der Waals surface area contributed by atoms with Gasteiger partial charge in [-0.2, -0.15) is 5.10 Å². The highest BCUT2D eigenvalue weighted by molar-refractivity contribution is 5.06. The van der Waals surface area contributed by atoms with Gasteiger partial charge in [0.05, 0.1) is 11.7 Å². The predicted octanol–water partition coefficient (Wildman–Crippen LogP) is 4.08. The van der Waals surface area contributed by atoms with Gasteiger partial charge in [0, 0.05) is 18.2 Å². The average molecular weight is 277 g/mol. The molecule has 0 amide bonds. The molecule has 1 saturated carbocycles. The van der Waals surface area contributed by atoms with Gasteiger partial charge >= 0.3 is 0 Å². The number of nitrogens with zero attached hydrogens (tertiary/aromatic N) is 2. The number of aromatic nitrogens is 2. The Bertz CT molecular complexity index is 408. The molecule has 2 atom stereocenters. The van der Waals surface area contributed by atoms with E-state index in [2.05, 4.69) is 37.7 Å². The van der Waals surface area contributed by atoms with Crippen molar-refractivity contribution < 1.29 is 0 Å². The Morgan fingerprint density at radius 2 is 2.10 bits per heavy atom. The van der Waals surface area contributed by atoms with E-state index in [9.17, 15) is 0 Å². The largest absolute Gasteiger partial charge is 0.325 e. The summed E-state index contributed by atoms with van der Waals surface area (Å²) in [6.45, 7) is 6.81. The molecule has 2 unspecified atom stereocenters. The van der Waals surface area contributed by atoms with Gasteiger partial charge in [-0.1, -0.05) is 33.6 Å². The quantitative estimate of drug-likeness (QED) is 0.824. The Kier molecular flexibility index (Phi) is 5.25. The van der Waals surface area contributed by atoms with E-state index >= 15 is 0 Å². The number of nitrogens with two attached hydrogens (primary N) is 1. The SMILES string of the molecule is CCC(CC)n1ccc(CC2(N)CCCC(C)CC2)n1. The summed E-state index contributed by atoms with van der Waals surface area (Å²) in [5.41, 5.74) is 7.80. The Morgan fingerprint density at radius 1 is 1.35 bits per heavy atom. The summed E-state index contributed by atoms with van der Waals surface area (Å²) in [6, 6.07) is 2.70. The Labute approximate surface area is 123 Å². The zero-order valence-corrected chi connectivity index (χ0v) is 13.4. The molecule has 1 aliphatic carbocycles. The van der Waals surface area contributed by atoms with E-state index in [-0.39, 0.29) is 5.54 Å². The molecular weight excluding hydrogens is 246 g/mol. The topological polar surface area (TPSA) is 43.8 Å². The molecule has 1 aromatic heterocycles. The van der Waals surface area contributed by atoms with Crippen molar-refractivity contribution >= 4 is 0 Å². The lowest BCUT2D eigenvalue weighted by molar-refractivity contribution is 0.355. The van der Waals surface area contributed by atoms with Crippen molar-refractivity contribution in [1.82, 2.24) is 9.78 Å². The first-order chi connectivity index (χ1) is 9.56. The molecule has 0 bridgehead atoms. The summed E-state index contributed by atoms with van der Waals surface area (Å²) < 4.78 is 2.14. The molecule has 2 N–H and O–H groups in total. The van der Waals surface area contributed by atoms with Gasteiger partial charge in [0.15, 0.2) is 0 Å². The third-order valence-electron chi connectivity index (χ3n) is 5.02. The lowest BCUT2D eigenvalue weighted by atomic mass is 9.86. The van der Waals surface area contributed by atoms with Gasteiger partial charge in [0.1, 0.15) is 0 Å². The van der Waals surface area contributed by atoms with Gasteiger partial charge in [0.2, 0.25) is 0 Å². The zero-order valence-electron chi connectivity index (χ0n) is 13.4. The maximum atomic E-state index is 6.65. The third kappa shape index (κ3) is 3.85.